The van der Waals surface area contributed by atoms with E-state index in [1.807, 2.05) is 48.5 Å². The summed E-state index contributed by atoms with van der Waals surface area (Å²) in [6, 6.07) is 15.7. The molecule has 1 aliphatic rings. The topological polar surface area (TPSA) is 47.8 Å². The summed E-state index contributed by atoms with van der Waals surface area (Å²) in [4.78, 5) is 12.3. The number of nitrogens with zero attached hydrogens (tertiary/aromatic N) is 3. The second-order valence-corrected chi connectivity index (χ2v) is 6.43. The maximum absolute atomic E-state index is 12.3. The lowest BCUT2D eigenvalue weighted by molar-refractivity contribution is 0.103. The second kappa shape index (κ2) is 7.98. The first-order valence-corrected chi connectivity index (χ1v) is 9.29. The zero-order chi connectivity index (χ0) is 19.3. The summed E-state index contributed by atoms with van der Waals surface area (Å²) >= 11 is 4.25. The molecule has 0 fully saturated rings. The average Bonchev–Trinajstić information content (AvgIpc) is 3.45. The highest BCUT2D eigenvalue weighted by Crippen LogP contribution is 2.13. The maximum Gasteiger partial charge on any atom is 0.222 e. The van der Waals surface area contributed by atoms with Gasteiger partial charge in [0, 0.05) is 16.9 Å². The van der Waals surface area contributed by atoms with Crippen LogP contribution in [0.15, 0.2) is 84.3 Å². The third-order valence-electron chi connectivity index (χ3n) is 4.19. The van der Waals surface area contributed by atoms with Gasteiger partial charge in [-0.05, 0) is 54.1 Å². The number of hydrogen-bond acceptors (Lipinski definition) is 4. The molecule has 0 N–H and O–H groups in total. The van der Waals surface area contributed by atoms with Crippen molar-refractivity contribution in [3.05, 3.63) is 107 Å². The highest BCUT2D eigenvalue weighted by atomic mass is 32.1. The molecule has 0 unspecified atom stereocenters. The Balaban J connectivity index is 1.49. The van der Waals surface area contributed by atoms with Crippen molar-refractivity contribution in [2.45, 2.75) is 5.75 Å². The van der Waals surface area contributed by atoms with Gasteiger partial charge in [-0.25, -0.2) is 4.68 Å². The van der Waals surface area contributed by atoms with Gasteiger partial charge in [0.25, 0.3) is 0 Å². The molecule has 0 amide bonds. The van der Waals surface area contributed by atoms with Crippen LogP contribution in [0.25, 0.3) is 5.69 Å². The molecule has 2 aromatic carbocycles. The number of carbonyl (C=O) groups is 1. The van der Waals surface area contributed by atoms with Crippen LogP contribution in [-0.4, -0.2) is 20.8 Å². The minimum absolute atomic E-state index is 0.192. The molecule has 0 bridgehead atoms. The molecule has 0 radical (unpaired) electrons. The fourth-order valence-corrected chi connectivity index (χ4v) is 2.85. The largest absolute Gasteiger partial charge is 0.286 e. The molecule has 1 aliphatic carbocycles. The monoisotopic (exact) mass is 381 g/mol. The van der Waals surface area contributed by atoms with Crippen molar-refractivity contribution in [2.24, 2.45) is 0 Å². The first kappa shape index (κ1) is 17.8. The van der Waals surface area contributed by atoms with Crippen molar-refractivity contribution in [3.8, 4) is 17.5 Å². The predicted molar refractivity (Wildman–Crippen MR) is 112 cm³/mol. The average molecular weight is 381 g/mol. The summed E-state index contributed by atoms with van der Waals surface area (Å²) in [6.45, 7) is 0. The number of hydrogen-bond donors (Lipinski definition) is 1. The quantitative estimate of drug-likeness (QED) is 0.322. The standard InChI is InChI=1S/C23H15N3OS/c27-23(20-3-1-2-4-20)22-15-26(25-24-22)21-13-11-18(12-14-21)6-5-17-7-9-19(16-28)10-8-17/h1-3,7-15,28H,16H2. The van der Waals surface area contributed by atoms with E-state index in [4.69, 9.17) is 0 Å². The Hall–Kier alpha value is -3.58. The van der Waals surface area contributed by atoms with Crippen molar-refractivity contribution in [3.63, 3.8) is 0 Å². The fraction of sp³-hybridized carbons (Fsp3) is 0.0435. The molecule has 0 aliphatic heterocycles. The molecule has 0 saturated heterocycles. The van der Waals surface area contributed by atoms with Gasteiger partial charge < -0.3 is 0 Å². The van der Waals surface area contributed by atoms with E-state index in [0.717, 1.165) is 22.6 Å². The molecule has 28 heavy (non-hydrogen) atoms. The molecule has 134 valence electrons. The van der Waals surface area contributed by atoms with Gasteiger partial charge in [-0.2, -0.15) is 12.6 Å². The molecular weight excluding hydrogens is 366 g/mol. The number of Topliss-reactive ketones (excluding diaryl/α,β-unsaturated/α-hetero) is 1. The van der Waals surface area contributed by atoms with E-state index in [9.17, 15) is 4.79 Å². The van der Waals surface area contributed by atoms with Crippen molar-refractivity contribution < 1.29 is 4.79 Å². The van der Waals surface area contributed by atoms with E-state index >= 15 is 0 Å². The number of thiol groups is 1. The van der Waals surface area contributed by atoms with E-state index in [1.54, 1.807) is 29.1 Å². The summed E-state index contributed by atoms with van der Waals surface area (Å²) in [7, 11) is 0. The highest BCUT2D eigenvalue weighted by Gasteiger charge is 2.15. The number of aromatic nitrogens is 3. The summed E-state index contributed by atoms with van der Waals surface area (Å²) < 4.78 is 1.57. The lowest BCUT2D eigenvalue weighted by Crippen LogP contribution is -2.00. The molecule has 1 heterocycles. The molecule has 5 heteroatoms. The molecular formula is C23H15N3OS. The molecule has 4 nitrogen and oxygen atoms in total. The van der Waals surface area contributed by atoms with Gasteiger partial charge in [-0.1, -0.05) is 35.3 Å². The lowest BCUT2D eigenvalue weighted by atomic mass is 10.1. The molecule has 4 rings (SSSR count). The Morgan fingerprint density at radius 2 is 1.71 bits per heavy atom. The highest BCUT2D eigenvalue weighted by molar-refractivity contribution is 7.79. The van der Waals surface area contributed by atoms with Gasteiger partial charge >= 0.3 is 0 Å². The first-order chi connectivity index (χ1) is 13.7. The van der Waals surface area contributed by atoms with E-state index < -0.39 is 0 Å². The van der Waals surface area contributed by atoms with Crippen LogP contribution in [0.2, 0.25) is 0 Å². The number of rotatable bonds is 4. The SMILES string of the molecule is O=C(C1=C=CC=C1)c1cn(-c2ccc(C#Cc3ccc(CS)cc3)cc2)nn1. The zero-order valence-electron chi connectivity index (χ0n) is 14.8. The van der Waals surface area contributed by atoms with Crippen LogP contribution in [-0.2, 0) is 5.75 Å². The Morgan fingerprint density at radius 1 is 1.04 bits per heavy atom. The van der Waals surface area contributed by atoms with Crippen molar-refractivity contribution in [1.29, 1.82) is 0 Å². The van der Waals surface area contributed by atoms with Crippen molar-refractivity contribution in [2.75, 3.05) is 0 Å². The minimum Gasteiger partial charge on any atom is -0.286 e. The van der Waals surface area contributed by atoms with Gasteiger partial charge in [0.05, 0.1) is 17.5 Å². The number of carbonyl (C=O) groups excluding carboxylic acids is 1. The third-order valence-corrected chi connectivity index (χ3v) is 4.55. The summed E-state index contributed by atoms with van der Waals surface area (Å²) in [6.07, 6.45) is 6.80. The van der Waals surface area contributed by atoms with Crippen LogP contribution >= 0.6 is 12.6 Å². The summed E-state index contributed by atoms with van der Waals surface area (Å²) in [5.74, 6) is 6.82. The number of allylic oxidation sites excluding steroid dienone is 3. The maximum atomic E-state index is 12.3. The Morgan fingerprint density at radius 3 is 2.32 bits per heavy atom. The van der Waals surface area contributed by atoms with Crippen LogP contribution < -0.4 is 0 Å². The number of ketones is 1. The minimum atomic E-state index is -0.192. The van der Waals surface area contributed by atoms with E-state index in [2.05, 4.69) is 40.5 Å². The van der Waals surface area contributed by atoms with E-state index in [0.29, 0.717) is 5.57 Å². The first-order valence-electron chi connectivity index (χ1n) is 8.65. The van der Waals surface area contributed by atoms with Crippen molar-refractivity contribution in [1.82, 2.24) is 15.0 Å². The lowest BCUT2D eigenvalue weighted by Gasteiger charge is -1.99. The van der Waals surface area contributed by atoms with Crippen LogP contribution in [0, 0.1) is 11.8 Å². The fourth-order valence-electron chi connectivity index (χ4n) is 2.64. The summed E-state index contributed by atoms with van der Waals surface area (Å²) in [5.41, 5.74) is 7.48. The van der Waals surface area contributed by atoms with Gasteiger partial charge in [0.1, 0.15) is 0 Å². The van der Waals surface area contributed by atoms with E-state index in [1.165, 1.54) is 5.56 Å². The Labute approximate surface area is 168 Å². The third kappa shape index (κ3) is 3.89. The van der Waals surface area contributed by atoms with Gasteiger partial charge in [-0.15, -0.1) is 10.8 Å². The van der Waals surface area contributed by atoms with Gasteiger partial charge in [0.15, 0.2) is 5.69 Å². The smallest absolute Gasteiger partial charge is 0.222 e. The van der Waals surface area contributed by atoms with E-state index in [-0.39, 0.29) is 11.5 Å². The van der Waals surface area contributed by atoms with Gasteiger partial charge in [-0.3, -0.25) is 4.79 Å². The van der Waals surface area contributed by atoms with Crippen molar-refractivity contribution >= 4 is 18.4 Å². The molecule has 1 aromatic heterocycles. The predicted octanol–water partition coefficient (Wildman–Crippen LogP) is 3.93. The van der Waals surface area contributed by atoms with Crippen LogP contribution in [0.3, 0.4) is 0 Å². The number of benzene rings is 2. The molecule has 3 aromatic rings. The Bertz CT molecular complexity index is 1180. The summed E-state index contributed by atoms with van der Waals surface area (Å²) in [5, 5.41) is 8.02. The van der Waals surface area contributed by atoms with Crippen LogP contribution in [0.5, 0.6) is 0 Å². The van der Waals surface area contributed by atoms with Crippen LogP contribution in [0.4, 0.5) is 0 Å². The molecule has 0 saturated carbocycles. The zero-order valence-corrected chi connectivity index (χ0v) is 15.7. The Kier molecular flexibility index (Phi) is 5.07. The second-order valence-electron chi connectivity index (χ2n) is 6.11. The normalized spacial score (nSPS) is 11.8. The molecule has 0 spiro atoms. The van der Waals surface area contributed by atoms with Gasteiger partial charge in [0.2, 0.25) is 5.78 Å². The van der Waals surface area contributed by atoms with Crippen LogP contribution in [0.1, 0.15) is 27.2 Å². The molecule has 0 atom stereocenters.